The highest BCUT2D eigenvalue weighted by atomic mass is 35.5. The van der Waals surface area contributed by atoms with E-state index in [1.165, 1.54) is 0 Å². The molecule has 0 heterocycles. The van der Waals surface area contributed by atoms with E-state index in [2.05, 4.69) is 18.5 Å². The monoisotopic (exact) mass is 247 g/mol. The number of halogens is 2. The van der Waals surface area contributed by atoms with Crippen molar-refractivity contribution in [3.63, 3.8) is 0 Å². The SMILES string of the molecule is CSCC(C)NCc1cccc(Cl)c1F. The fourth-order valence-electron chi connectivity index (χ4n) is 1.28. The molecule has 1 N–H and O–H groups in total. The van der Waals surface area contributed by atoms with Crippen molar-refractivity contribution in [2.75, 3.05) is 12.0 Å². The third-order valence-corrected chi connectivity index (χ3v) is 3.21. The highest BCUT2D eigenvalue weighted by molar-refractivity contribution is 7.98. The van der Waals surface area contributed by atoms with E-state index in [-0.39, 0.29) is 10.8 Å². The predicted molar refractivity (Wildman–Crippen MR) is 66.1 cm³/mol. The summed E-state index contributed by atoms with van der Waals surface area (Å²) in [6.07, 6.45) is 2.05. The normalized spacial score (nSPS) is 12.8. The molecule has 0 saturated heterocycles. The summed E-state index contributed by atoms with van der Waals surface area (Å²) < 4.78 is 13.5. The van der Waals surface area contributed by atoms with E-state index < -0.39 is 0 Å². The smallest absolute Gasteiger partial charge is 0.146 e. The van der Waals surface area contributed by atoms with Crippen LogP contribution in [0.2, 0.25) is 5.02 Å². The molecule has 0 bridgehead atoms. The lowest BCUT2D eigenvalue weighted by molar-refractivity contribution is 0.557. The molecule has 0 aliphatic heterocycles. The molecule has 0 aromatic heterocycles. The van der Waals surface area contributed by atoms with Gasteiger partial charge in [0.05, 0.1) is 5.02 Å². The Hall–Kier alpha value is -0.250. The third kappa shape index (κ3) is 4.01. The van der Waals surface area contributed by atoms with Gasteiger partial charge in [-0.3, -0.25) is 0 Å². The van der Waals surface area contributed by atoms with Gasteiger partial charge in [0, 0.05) is 23.9 Å². The Morgan fingerprint density at radius 1 is 1.53 bits per heavy atom. The van der Waals surface area contributed by atoms with Crippen molar-refractivity contribution in [1.82, 2.24) is 5.32 Å². The molecule has 0 amide bonds. The van der Waals surface area contributed by atoms with Crippen LogP contribution in [0.5, 0.6) is 0 Å². The van der Waals surface area contributed by atoms with E-state index in [0.717, 1.165) is 5.75 Å². The topological polar surface area (TPSA) is 12.0 Å². The van der Waals surface area contributed by atoms with Gasteiger partial charge in [-0.1, -0.05) is 23.7 Å². The first-order valence-electron chi connectivity index (χ1n) is 4.80. The van der Waals surface area contributed by atoms with E-state index in [1.54, 1.807) is 30.0 Å². The molecule has 0 saturated carbocycles. The zero-order valence-electron chi connectivity index (χ0n) is 8.89. The second-order valence-electron chi connectivity index (χ2n) is 3.45. The molecule has 1 atom stereocenters. The van der Waals surface area contributed by atoms with Gasteiger partial charge in [0.2, 0.25) is 0 Å². The summed E-state index contributed by atoms with van der Waals surface area (Å²) in [4.78, 5) is 0. The first-order chi connectivity index (χ1) is 7.15. The minimum absolute atomic E-state index is 0.187. The average molecular weight is 248 g/mol. The summed E-state index contributed by atoms with van der Waals surface area (Å²) in [6.45, 7) is 2.60. The van der Waals surface area contributed by atoms with Gasteiger partial charge in [-0.15, -0.1) is 0 Å². The molecule has 1 rings (SSSR count). The van der Waals surface area contributed by atoms with Crippen LogP contribution in [0.25, 0.3) is 0 Å². The van der Waals surface area contributed by atoms with Gasteiger partial charge in [-0.25, -0.2) is 4.39 Å². The number of hydrogen-bond acceptors (Lipinski definition) is 2. The molecule has 84 valence electrons. The second kappa shape index (κ2) is 6.36. The molecular formula is C11H15ClFNS. The first kappa shape index (κ1) is 12.8. The quantitative estimate of drug-likeness (QED) is 0.857. The van der Waals surface area contributed by atoms with Gasteiger partial charge in [-0.2, -0.15) is 11.8 Å². The Bertz CT molecular complexity index is 319. The lowest BCUT2D eigenvalue weighted by Gasteiger charge is -2.12. The number of hydrogen-bond donors (Lipinski definition) is 1. The van der Waals surface area contributed by atoms with E-state index in [0.29, 0.717) is 18.2 Å². The molecule has 1 aromatic rings. The highest BCUT2D eigenvalue weighted by Gasteiger charge is 2.07. The van der Waals surface area contributed by atoms with Gasteiger partial charge in [0.25, 0.3) is 0 Å². The zero-order valence-corrected chi connectivity index (χ0v) is 10.5. The molecule has 0 aliphatic carbocycles. The van der Waals surface area contributed by atoms with Gasteiger partial charge in [0.15, 0.2) is 0 Å². The summed E-state index contributed by atoms with van der Waals surface area (Å²) in [6, 6.07) is 5.45. The first-order valence-corrected chi connectivity index (χ1v) is 6.57. The van der Waals surface area contributed by atoms with Gasteiger partial charge < -0.3 is 5.32 Å². The van der Waals surface area contributed by atoms with Crippen molar-refractivity contribution >= 4 is 23.4 Å². The highest BCUT2D eigenvalue weighted by Crippen LogP contribution is 2.17. The van der Waals surface area contributed by atoms with Crippen molar-refractivity contribution in [3.8, 4) is 0 Å². The third-order valence-electron chi connectivity index (χ3n) is 2.09. The maximum atomic E-state index is 13.5. The summed E-state index contributed by atoms with van der Waals surface area (Å²) >= 11 is 7.45. The van der Waals surface area contributed by atoms with Crippen molar-refractivity contribution in [1.29, 1.82) is 0 Å². The van der Waals surface area contributed by atoms with Crippen LogP contribution in [0.3, 0.4) is 0 Å². The Morgan fingerprint density at radius 3 is 2.93 bits per heavy atom. The van der Waals surface area contributed by atoms with Gasteiger partial charge in [-0.05, 0) is 19.2 Å². The Kier molecular flexibility index (Phi) is 5.43. The van der Waals surface area contributed by atoms with Crippen LogP contribution in [0, 0.1) is 5.82 Å². The molecule has 0 fully saturated rings. The zero-order chi connectivity index (χ0) is 11.3. The van der Waals surface area contributed by atoms with Crippen LogP contribution in [-0.2, 0) is 6.54 Å². The average Bonchev–Trinajstić information content (AvgIpc) is 2.21. The van der Waals surface area contributed by atoms with E-state index in [1.807, 2.05) is 0 Å². The van der Waals surface area contributed by atoms with Gasteiger partial charge in [0.1, 0.15) is 5.82 Å². The molecule has 1 aromatic carbocycles. The van der Waals surface area contributed by atoms with E-state index in [4.69, 9.17) is 11.6 Å². The molecule has 1 unspecified atom stereocenters. The standard InChI is InChI=1S/C11H15ClFNS/c1-8(7-15-2)14-6-9-4-3-5-10(12)11(9)13/h3-5,8,14H,6-7H2,1-2H3. The molecule has 1 nitrogen and oxygen atoms in total. The van der Waals surface area contributed by atoms with Crippen molar-refractivity contribution in [3.05, 3.63) is 34.6 Å². The Labute approximate surface area is 99.4 Å². The molecule has 15 heavy (non-hydrogen) atoms. The number of rotatable bonds is 5. The maximum absolute atomic E-state index is 13.5. The van der Waals surface area contributed by atoms with Crippen molar-refractivity contribution in [2.45, 2.75) is 19.5 Å². The van der Waals surface area contributed by atoms with Crippen LogP contribution in [0.1, 0.15) is 12.5 Å². The minimum atomic E-state index is -0.317. The number of thioether (sulfide) groups is 1. The van der Waals surface area contributed by atoms with E-state index in [9.17, 15) is 4.39 Å². The molecule has 0 spiro atoms. The summed E-state index contributed by atoms with van der Waals surface area (Å²) in [5, 5.41) is 3.44. The van der Waals surface area contributed by atoms with Crippen LogP contribution in [0.15, 0.2) is 18.2 Å². The Balaban J connectivity index is 2.54. The Morgan fingerprint density at radius 2 is 2.27 bits per heavy atom. The maximum Gasteiger partial charge on any atom is 0.146 e. The lowest BCUT2D eigenvalue weighted by atomic mass is 10.2. The van der Waals surface area contributed by atoms with Crippen LogP contribution in [0.4, 0.5) is 4.39 Å². The number of benzene rings is 1. The predicted octanol–water partition coefficient (Wildman–Crippen LogP) is 3.32. The lowest BCUT2D eigenvalue weighted by Crippen LogP contribution is -2.27. The second-order valence-corrected chi connectivity index (χ2v) is 4.77. The summed E-state index contributed by atoms with van der Waals surface area (Å²) in [5.41, 5.74) is 0.621. The fourth-order valence-corrected chi connectivity index (χ4v) is 2.09. The fraction of sp³-hybridized carbons (Fsp3) is 0.455. The van der Waals surface area contributed by atoms with Crippen molar-refractivity contribution < 1.29 is 4.39 Å². The van der Waals surface area contributed by atoms with Gasteiger partial charge >= 0.3 is 0 Å². The van der Waals surface area contributed by atoms with Crippen LogP contribution < -0.4 is 5.32 Å². The van der Waals surface area contributed by atoms with E-state index >= 15 is 0 Å². The van der Waals surface area contributed by atoms with Crippen LogP contribution >= 0.6 is 23.4 Å². The number of nitrogens with one attached hydrogen (secondary N) is 1. The molecule has 0 aliphatic rings. The molecule has 0 radical (unpaired) electrons. The van der Waals surface area contributed by atoms with Crippen LogP contribution in [-0.4, -0.2) is 18.1 Å². The minimum Gasteiger partial charge on any atom is -0.309 e. The summed E-state index contributed by atoms with van der Waals surface area (Å²) in [5.74, 6) is 0.699. The molecular weight excluding hydrogens is 233 g/mol. The largest absolute Gasteiger partial charge is 0.309 e. The van der Waals surface area contributed by atoms with Crippen molar-refractivity contribution in [2.24, 2.45) is 0 Å². The summed E-state index contributed by atoms with van der Waals surface area (Å²) in [7, 11) is 0. The molecule has 4 heteroatoms.